The summed E-state index contributed by atoms with van der Waals surface area (Å²) >= 11 is 0. The van der Waals surface area contributed by atoms with Gasteiger partial charge in [0.2, 0.25) is 11.8 Å². The molecule has 3 rings (SSSR count). The van der Waals surface area contributed by atoms with Crippen molar-refractivity contribution in [3.05, 3.63) is 59.7 Å². The van der Waals surface area contributed by atoms with Crippen LogP contribution in [0.3, 0.4) is 0 Å². The molecule has 0 aromatic heterocycles. The number of hydrogen-bond acceptors (Lipinski definition) is 4. The first kappa shape index (κ1) is 22.2. The molecule has 1 heterocycles. The molecule has 0 spiro atoms. The summed E-state index contributed by atoms with van der Waals surface area (Å²) in [4.78, 5) is 41.4. The number of amides is 2. The Labute approximate surface area is 181 Å². The van der Waals surface area contributed by atoms with Gasteiger partial charge in [-0.1, -0.05) is 43.2 Å². The van der Waals surface area contributed by atoms with Crippen LogP contribution in [0.4, 0.5) is 11.4 Å². The lowest BCUT2D eigenvalue weighted by Gasteiger charge is -2.19. The number of aliphatic imine (C=N–C) groups is 1. The van der Waals surface area contributed by atoms with Crippen LogP contribution >= 0.6 is 0 Å². The van der Waals surface area contributed by atoms with E-state index in [-0.39, 0.29) is 24.8 Å². The monoisotopic (exact) mass is 421 g/mol. The quantitative estimate of drug-likeness (QED) is 0.601. The number of benzene rings is 2. The third kappa shape index (κ3) is 6.01. The Hall–Kier alpha value is -3.48. The zero-order valence-electron chi connectivity index (χ0n) is 17.6. The van der Waals surface area contributed by atoms with E-state index in [2.05, 4.69) is 10.3 Å². The van der Waals surface area contributed by atoms with E-state index < -0.39 is 5.97 Å². The molecule has 0 saturated heterocycles. The second-order valence-corrected chi connectivity index (χ2v) is 7.57. The maximum atomic E-state index is 12.4. The molecule has 2 aromatic carbocycles. The standard InChI is InChI=1S/C24H27N3O4/c1-27-20-14-13-18(26-21(28)11-7-2-3-8-12-23(30)31)15-19(20)24(25-16-22(27)29)17-9-5-4-6-10-17/h4-6,9-10,13-15H,2-3,7-8,11-12,16H2,1H3,(H,26,28)(H,30,31). The first-order chi connectivity index (χ1) is 15.0. The summed E-state index contributed by atoms with van der Waals surface area (Å²) in [5.74, 6) is -0.965. The van der Waals surface area contributed by atoms with E-state index in [0.717, 1.165) is 35.4 Å². The molecule has 2 aromatic rings. The van der Waals surface area contributed by atoms with Crippen LogP contribution in [-0.2, 0) is 14.4 Å². The molecule has 31 heavy (non-hydrogen) atoms. The highest BCUT2D eigenvalue weighted by atomic mass is 16.4. The lowest BCUT2D eigenvalue weighted by atomic mass is 9.99. The number of nitrogens with zero attached hydrogens (tertiary/aromatic N) is 2. The number of carbonyl (C=O) groups excluding carboxylic acids is 2. The van der Waals surface area contributed by atoms with Crippen LogP contribution in [0.15, 0.2) is 53.5 Å². The molecular weight excluding hydrogens is 394 g/mol. The van der Waals surface area contributed by atoms with E-state index in [9.17, 15) is 14.4 Å². The van der Waals surface area contributed by atoms with E-state index in [4.69, 9.17) is 5.11 Å². The molecule has 2 N–H and O–H groups in total. The smallest absolute Gasteiger partial charge is 0.303 e. The second kappa shape index (κ2) is 10.5. The minimum Gasteiger partial charge on any atom is -0.481 e. The Kier molecular flexibility index (Phi) is 7.54. The molecule has 7 heteroatoms. The van der Waals surface area contributed by atoms with E-state index >= 15 is 0 Å². The van der Waals surface area contributed by atoms with Crippen LogP contribution < -0.4 is 10.2 Å². The molecule has 2 amide bonds. The highest BCUT2D eigenvalue weighted by Gasteiger charge is 2.23. The number of likely N-dealkylation sites (N-methyl/N-ethyl adjacent to an activating group) is 1. The maximum absolute atomic E-state index is 12.4. The van der Waals surface area contributed by atoms with Crippen LogP contribution in [0, 0.1) is 0 Å². The first-order valence-corrected chi connectivity index (χ1v) is 10.5. The number of carboxylic acids is 1. The van der Waals surface area contributed by atoms with Crippen molar-refractivity contribution < 1.29 is 19.5 Å². The predicted molar refractivity (Wildman–Crippen MR) is 121 cm³/mol. The number of aliphatic carboxylic acids is 1. The normalized spacial score (nSPS) is 13.3. The molecule has 0 atom stereocenters. The van der Waals surface area contributed by atoms with Crippen molar-refractivity contribution in [3.63, 3.8) is 0 Å². The summed E-state index contributed by atoms with van der Waals surface area (Å²) in [6, 6.07) is 15.2. The Balaban J connectivity index is 1.70. The molecule has 1 aliphatic rings. The SMILES string of the molecule is CN1C(=O)CN=C(c2ccccc2)c2cc(NC(=O)CCCCCCC(=O)O)ccc21. The summed E-state index contributed by atoms with van der Waals surface area (Å²) in [6.07, 6.45) is 3.52. The molecule has 162 valence electrons. The van der Waals surface area contributed by atoms with E-state index in [0.29, 0.717) is 24.9 Å². The number of fused-ring (bicyclic) bond motifs is 1. The minimum absolute atomic E-state index is 0.0684. The van der Waals surface area contributed by atoms with Crippen LogP contribution in [-0.4, -0.2) is 42.2 Å². The molecule has 0 aliphatic carbocycles. The molecular formula is C24H27N3O4. The van der Waals surface area contributed by atoms with Crippen molar-refractivity contribution in [2.24, 2.45) is 4.99 Å². The van der Waals surface area contributed by atoms with Gasteiger partial charge >= 0.3 is 5.97 Å². The summed E-state index contributed by atoms with van der Waals surface area (Å²) in [6.45, 7) is 0.0684. The molecule has 1 aliphatic heterocycles. The van der Waals surface area contributed by atoms with Gasteiger partial charge in [0.1, 0.15) is 6.54 Å². The van der Waals surface area contributed by atoms with Crippen LogP contribution in [0.5, 0.6) is 0 Å². The van der Waals surface area contributed by atoms with Crippen LogP contribution in [0.25, 0.3) is 0 Å². The molecule has 0 saturated carbocycles. The Morgan fingerprint density at radius 1 is 1.03 bits per heavy atom. The van der Waals surface area contributed by atoms with E-state index in [1.165, 1.54) is 0 Å². The van der Waals surface area contributed by atoms with Crippen molar-refractivity contribution >= 4 is 34.9 Å². The fraction of sp³-hybridized carbons (Fsp3) is 0.333. The number of anilines is 2. The van der Waals surface area contributed by atoms with Gasteiger partial charge in [-0.15, -0.1) is 0 Å². The number of unbranched alkanes of at least 4 members (excludes halogenated alkanes) is 3. The lowest BCUT2D eigenvalue weighted by Crippen LogP contribution is -2.27. The Morgan fingerprint density at radius 2 is 1.74 bits per heavy atom. The average Bonchev–Trinajstić information content (AvgIpc) is 2.87. The number of carboxylic acid groups (broad SMARTS) is 1. The van der Waals surface area contributed by atoms with Gasteiger partial charge in [0, 0.05) is 36.7 Å². The summed E-state index contributed by atoms with van der Waals surface area (Å²) < 4.78 is 0. The third-order valence-corrected chi connectivity index (χ3v) is 5.24. The van der Waals surface area contributed by atoms with Crippen molar-refractivity contribution in [2.45, 2.75) is 38.5 Å². The summed E-state index contributed by atoms with van der Waals surface area (Å²) in [7, 11) is 1.73. The van der Waals surface area contributed by atoms with Gasteiger partial charge < -0.3 is 15.3 Å². The number of benzodiazepines with no additional fused rings is 1. The van der Waals surface area contributed by atoms with E-state index in [1.807, 2.05) is 42.5 Å². The van der Waals surface area contributed by atoms with Crippen molar-refractivity contribution in [3.8, 4) is 0 Å². The summed E-state index contributed by atoms with van der Waals surface area (Å²) in [5.41, 5.74) is 3.84. The van der Waals surface area contributed by atoms with Crippen molar-refractivity contribution in [2.75, 3.05) is 23.8 Å². The molecule has 0 bridgehead atoms. The van der Waals surface area contributed by atoms with Crippen molar-refractivity contribution in [1.29, 1.82) is 0 Å². The maximum Gasteiger partial charge on any atom is 0.303 e. The fourth-order valence-electron chi connectivity index (χ4n) is 3.55. The summed E-state index contributed by atoms with van der Waals surface area (Å²) in [5, 5.41) is 11.6. The topological polar surface area (TPSA) is 99.1 Å². The Bertz CT molecular complexity index is 986. The number of carbonyl (C=O) groups is 3. The molecule has 7 nitrogen and oxygen atoms in total. The van der Waals surface area contributed by atoms with Gasteiger partial charge in [-0.05, 0) is 31.0 Å². The molecule has 0 fully saturated rings. The van der Waals surface area contributed by atoms with Gasteiger partial charge in [0.05, 0.1) is 11.4 Å². The zero-order chi connectivity index (χ0) is 22.2. The highest BCUT2D eigenvalue weighted by molar-refractivity contribution is 6.20. The number of nitrogens with one attached hydrogen (secondary N) is 1. The fourth-order valence-corrected chi connectivity index (χ4v) is 3.55. The largest absolute Gasteiger partial charge is 0.481 e. The van der Waals surface area contributed by atoms with Crippen LogP contribution in [0.1, 0.15) is 49.7 Å². The molecule has 0 unspecified atom stereocenters. The average molecular weight is 421 g/mol. The lowest BCUT2D eigenvalue weighted by molar-refractivity contribution is -0.137. The Morgan fingerprint density at radius 3 is 2.45 bits per heavy atom. The van der Waals surface area contributed by atoms with E-state index in [1.54, 1.807) is 18.0 Å². The third-order valence-electron chi connectivity index (χ3n) is 5.24. The number of rotatable bonds is 9. The van der Waals surface area contributed by atoms with Crippen molar-refractivity contribution in [1.82, 2.24) is 0 Å². The highest BCUT2D eigenvalue weighted by Crippen LogP contribution is 2.29. The van der Waals surface area contributed by atoms with Gasteiger partial charge in [-0.3, -0.25) is 19.4 Å². The minimum atomic E-state index is -0.785. The second-order valence-electron chi connectivity index (χ2n) is 7.57. The predicted octanol–water partition coefficient (Wildman–Crippen LogP) is 3.86. The van der Waals surface area contributed by atoms with Gasteiger partial charge in [0.25, 0.3) is 0 Å². The van der Waals surface area contributed by atoms with Gasteiger partial charge in [-0.25, -0.2) is 0 Å². The first-order valence-electron chi connectivity index (χ1n) is 10.5. The van der Waals surface area contributed by atoms with Gasteiger partial charge in [0.15, 0.2) is 0 Å². The zero-order valence-corrected chi connectivity index (χ0v) is 17.6. The number of hydrogen-bond donors (Lipinski definition) is 2. The molecule has 0 radical (unpaired) electrons. The van der Waals surface area contributed by atoms with Gasteiger partial charge in [-0.2, -0.15) is 0 Å². The van der Waals surface area contributed by atoms with Crippen LogP contribution in [0.2, 0.25) is 0 Å².